The van der Waals surface area contributed by atoms with Crippen LogP contribution >= 0.6 is 0 Å². The van der Waals surface area contributed by atoms with E-state index in [1.165, 1.54) is 51.4 Å². The molecule has 176 valence electrons. The normalized spacial score (nSPS) is 13.3. The number of rotatable bonds is 18. The predicted molar refractivity (Wildman–Crippen MR) is 130 cm³/mol. The summed E-state index contributed by atoms with van der Waals surface area (Å²) in [4.78, 5) is 10.9. The van der Waals surface area contributed by atoms with Gasteiger partial charge in [0.15, 0.2) is 0 Å². The van der Waals surface area contributed by atoms with Gasteiger partial charge in [-0.05, 0) is 63.3 Å². The lowest BCUT2D eigenvalue weighted by atomic mass is 10.1. The maximum Gasteiger partial charge on any atom is 0.328 e. The Bertz CT molecular complexity index is 598. The molecule has 31 heavy (non-hydrogen) atoms. The molecule has 0 spiro atoms. The SMILES string of the molecule is CCCCCCCC(C)Oc1cc(C=CC(=O)O)cc(OC(C)CCCCCCC)c1. The Balaban J connectivity index is 2.69. The molecular weight excluding hydrogens is 388 g/mol. The van der Waals surface area contributed by atoms with Crippen LogP contribution in [-0.2, 0) is 4.79 Å². The maximum absolute atomic E-state index is 10.9. The molecule has 0 radical (unpaired) electrons. The van der Waals surface area contributed by atoms with Crippen LogP contribution < -0.4 is 9.47 Å². The zero-order valence-corrected chi connectivity index (χ0v) is 20.2. The Kier molecular flexibility index (Phi) is 14.6. The van der Waals surface area contributed by atoms with Gasteiger partial charge in [0.2, 0.25) is 0 Å². The third-order valence-corrected chi connectivity index (χ3v) is 5.42. The molecule has 2 unspecified atom stereocenters. The maximum atomic E-state index is 10.9. The Labute approximate surface area is 190 Å². The molecule has 1 aromatic rings. The van der Waals surface area contributed by atoms with Crippen LogP contribution in [0.4, 0.5) is 0 Å². The molecule has 2 atom stereocenters. The molecule has 4 heteroatoms. The van der Waals surface area contributed by atoms with Gasteiger partial charge in [-0.15, -0.1) is 0 Å². The molecule has 1 aromatic carbocycles. The number of unbranched alkanes of at least 4 members (excludes halogenated alkanes) is 8. The van der Waals surface area contributed by atoms with Crippen molar-refractivity contribution in [2.45, 2.75) is 117 Å². The fourth-order valence-electron chi connectivity index (χ4n) is 3.65. The van der Waals surface area contributed by atoms with Crippen molar-refractivity contribution in [1.29, 1.82) is 0 Å². The van der Waals surface area contributed by atoms with E-state index >= 15 is 0 Å². The largest absolute Gasteiger partial charge is 0.491 e. The van der Waals surface area contributed by atoms with Crippen molar-refractivity contribution in [1.82, 2.24) is 0 Å². The molecule has 4 nitrogen and oxygen atoms in total. The van der Waals surface area contributed by atoms with Gasteiger partial charge in [0, 0.05) is 12.1 Å². The molecule has 1 N–H and O–H groups in total. The van der Waals surface area contributed by atoms with Gasteiger partial charge >= 0.3 is 5.97 Å². The summed E-state index contributed by atoms with van der Waals surface area (Å²) < 4.78 is 12.3. The molecule has 0 aliphatic rings. The highest BCUT2D eigenvalue weighted by molar-refractivity contribution is 5.85. The topological polar surface area (TPSA) is 55.8 Å². The monoisotopic (exact) mass is 432 g/mol. The lowest BCUT2D eigenvalue weighted by Crippen LogP contribution is -2.13. The molecule has 0 aliphatic carbocycles. The highest BCUT2D eigenvalue weighted by atomic mass is 16.5. The number of benzene rings is 1. The molecule has 0 heterocycles. The fraction of sp³-hybridized carbons (Fsp3) is 0.667. The number of hydrogen-bond donors (Lipinski definition) is 1. The summed E-state index contributed by atoms with van der Waals surface area (Å²) in [6.45, 7) is 8.65. The molecule has 0 aromatic heterocycles. The summed E-state index contributed by atoms with van der Waals surface area (Å²) in [6, 6.07) is 5.70. The van der Waals surface area contributed by atoms with Crippen LogP contribution in [0, 0.1) is 0 Å². The lowest BCUT2D eigenvalue weighted by Gasteiger charge is -2.19. The number of hydrogen-bond acceptors (Lipinski definition) is 3. The standard InChI is InChI=1S/C27H44O4/c1-5-7-9-11-13-15-22(3)30-25-19-24(17-18-27(28)29)20-26(21-25)31-23(4)16-14-12-10-8-6-2/h17-23H,5-16H2,1-4H3,(H,28,29). The molecule has 0 saturated carbocycles. The van der Waals surface area contributed by atoms with Crippen LogP contribution in [0.3, 0.4) is 0 Å². The first-order valence-corrected chi connectivity index (χ1v) is 12.3. The van der Waals surface area contributed by atoms with Crippen molar-refractivity contribution in [3.63, 3.8) is 0 Å². The first kappa shape index (κ1) is 27.1. The smallest absolute Gasteiger partial charge is 0.328 e. The van der Waals surface area contributed by atoms with E-state index in [2.05, 4.69) is 27.7 Å². The van der Waals surface area contributed by atoms with Gasteiger partial charge in [0.05, 0.1) is 12.2 Å². The van der Waals surface area contributed by atoms with Crippen molar-refractivity contribution in [3.05, 3.63) is 29.8 Å². The quantitative estimate of drug-likeness (QED) is 0.188. The minimum Gasteiger partial charge on any atom is -0.491 e. The van der Waals surface area contributed by atoms with Crippen LogP contribution in [0.25, 0.3) is 6.08 Å². The average Bonchev–Trinajstić information content (AvgIpc) is 2.72. The molecule has 0 saturated heterocycles. The molecule has 0 aliphatic heterocycles. The van der Waals surface area contributed by atoms with Gasteiger partial charge in [-0.1, -0.05) is 65.2 Å². The van der Waals surface area contributed by atoms with E-state index in [0.29, 0.717) is 0 Å². The number of carboxylic acids is 1. The van der Waals surface area contributed by atoms with E-state index in [-0.39, 0.29) is 12.2 Å². The predicted octanol–water partition coefficient (Wildman–Crippen LogP) is 8.04. The van der Waals surface area contributed by atoms with Gasteiger partial charge in [-0.2, -0.15) is 0 Å². The zero-order chi connectivity index (χ0) is 22.9. The summed E-state index contributed by atoms with van der Waals surface area (Å²) in [7, 11) is 0. The van der Waals surface area contributed by atoms with Crippen LogP contribution in [0.5, 0.6) is 11.5 Å². The summed E-state index contributed by atoms with van der Waals surface area (Å²) in [5.74, 6) is 0.507. The van der Waals surface area contributed by atoms with Gasteiger partial charge in [0.25, 0.3) is 0 Å². The second-order valence-electron chi connectivity index (χ2n) is 8.67. The van der Waals surface area contributed by atoms with Crippen molar-refractivity contribution in [2.75, 3.05) is 0 Å². The zero-order valence-electron chi connectivity index (χ0n) is 20.2. The van der Waals surface area contributed by atoms with Crippen LogP contribution in [0.15, 0.2) is 24.3 Å². The van der Waals surface area contributed by atoms with Crippen LogP contribution in [-0.4, -0.2) is 23.3 Å². The molecule has 0 fully saturated rings. The van der Waals surface area contributed by atoms with E-state index in [4.69, 9.17) is 14.6 Å². The van der Waals surface area contributed by atoms with Gasteiger partial charge in [-0.3, -0.25) is 0 Å². The summed E-state index contributed by atoms with van der Waals surface area (Å²) in [6.07, 6.45) is 17.5. The van der Waals surface area contributed by atoms with E-state index in [1.807, 2.05) is 18.2 Å². The molecular formula is C27H44O4. The Morgan fingerprint density at radius 2 is 1.26 bits per heavy atom. The third-order valence-electron chi connectivity index (χ3n) is 5.42. The highest BCUT2D eigenvalue weighted by Gasteiger charge is 2.10. The van der Waals surface area contributed by atoms with E-state index in [9.17, 15) is 4.79 Å². The summed E-state index contributed by atoms with van der Waals surface area (Å²) >= 11 is 0. The molecule has 0 amide bonds. The number of carbonyl (C=O) groups is 1. The van der Waals surface area contributed by atoms with Crippen molar-refractivity contribution < 1.29 is 19.4 Å². The second-order valence-corrected chi connectivity index (χ2v) is 8.67. The van der Waals surface area contributed by atoms with E-state index in [0.717, 1.165) is 48.8 Å². The fourth-order valence-corrected chi connectivity index (χ4v) is 3.65. The minimum atomic E-state index is -0.963. The first-order chi connectivity index (χ1) is 14.9. The highest BCUT2D eigenvalue weighted by Crippen LogP contribution is 2.27. The van der Waals surface area contributed by atoms with Gasteiger partial charge in [-0.25, -0.2) is 4.79 Å². The summed E-state index contributed by atoms with van der Waals surface area (Å²) in [5.41, 5.74) is 0.778. The lowest BCUT2D eigenvalue weighted by molar-refractivity contribution is -0.131. The van der Waals surface area contributed by atoms with E-state index < -0.39 is 5.97 Å². The van der Waals surface area contributed by atoms with Crippen molar-refractivity contribution >= 4 is 12.0 Å². The molecule has 0 bridgehead atoms. The Morgan fingerprint density at radius 1 is 0.806 bits per heavy atom. The number of carboxylic acid groups (broad SMARTS) is 1. The van der Waals surface area contributed by atoms with Crippen LogP contribution in [0.1, 0.15) is 110 Å². The summed E-state index contributed by atoms with van der Waals surface area (Å²) in [5, 5.41) is 8.97. The minimum absolute atomic E-state index is 0.115. The van der Waals surface area contributed by atoms with Crippen molar-refractivity contribution in [2.24, 2.45) is 0 Å². The van der Waals surface area contributed by atoms with Crippen molar-refractivity contribution in [3.8, 4) is 11.5 Å². The Morgan fingerprint density at radius 3 is 1.68 bits per heavy atom. The Hall–Kier alpha value is -1.97. The first-order valence-electron chi connectivity index (χ1n) is 12.3. The van der Waals surface area contributed by atoms with Crippen LogP contribution in [0.2, 0.25) is 0 Å². The third kappa shape index (κ3) is 13.9. The van der Waals surface area contributed by atoms with Gasteiger partial charge < -0.3 is 14.6 Å². The number of aliphatic carboxylic acids is 1. The second kappa shape index (κ2) is 16.7. The molecule has 1 rings (SSSR count). The van der Waals surface area contributed by atoms with E-state index in [1.54, 1.807) is 6.08 Å². The number of ether oxygens (including phenoxy) is 2. The average molecular weight is 433 g/mol. The van der Waals surface area contributed by atoms with Gasteiger partial charge in [0.1, 0.15) is 11.5 Å².